The van der Waals surface area contributed by atoms with Gasteiger partial charge in [-0.15, -0.1) is 0 Å². The summed E-state index contributed by atoms with van der Waals surface area (Å²) in [4.78, 5) is 41.9. The Morgan fingerprint density at radius 1 is 0.723 bits per heavy atom. The molecule has 4 atom stereocenters. The topological polar surface area (TPSA) is 492 Å². The lowest BCUT2D eigenvalue weighted by Crippen LogP contribution is -2.64. The van der Waals surface area contributed by atoms with Crippen LogP contribution in [0.5, 0.6) is 51.7 Å². The molecule has 27 nitrogen and oxygen atoms in total. The first-order valence-corrected chi connectivity index (χ1v) is 19.0. The van der Waals surface area contributed by atoms with Gasteiger partial charge < -0.3 is 122 Å². The molecule has 1 fully saturated rings. The van der Waals surface area contributed by atoms with Crippen molar-refractivity contribution in [3.05, 3.63) is 52.6 Å². The van der Waals surface area contributed by atoms with Gasteiger partial charge in [0.25, 0.3) is 0 Å². The van der Waals surface area contributed by atoms with E-state index in [4.69, 9.17) is 0 Å². The van der Waals surface area contributed by atoms with E-state index in [0.717, 1.165) is 0 Å². The number of aromatic hydroxyl groups is 8. The summed E-state index contributed by atoms with van der Waals surface area (Å²) in [6.45, 7) is 3.56. The summed E-state index contributed by atoms with van der Waals surface area (Å²) in [5.41, 5.74) is -10.4. The zero-order valence-corrected chi connectivity index (χ0v) is 34.0. The minimum atomic E-state index is -4.90. The highest BCUT2D eigenvalue weighted by Crippen LogP contribution is 2.57. The maximum atomic E-state index is 14.0. The number of hydrogen-bond donors (Lipinski definition) is 22. The number of ether oxygens (including phenoxy) is 1. The quantitative estimate of drug-likeness (QED) is 0.0322. The fourth-order valence-electron chi connectivity index (χ4n) is 7.24. The van der Waals surface area contributed by atoms with Crippen LogP contribution in [0.25, 0.3) is 0 Å². The summed E-state index contributed by atoms with van der Waals surface area (Å²) in [5.74, 6) is -40.7. The minimum absolute atomic E-state index is 0.108. The molecule has 0 aliphatic carbocycles. The summed E-state index contributed by atoms with van der Waals surface area (Å²) >= 11 is 0. The lowest BCUT2D eigenvalue weighted by molar-refractivity contribution is -0.334. The largest absolute Gasteiger partial charge is 0.504 e. The van der Waals surface area contributed by atoms with Crippen LogP contribution in [0.1, 0.15) is 55.4 Å². The first-order chi connectivity index (χ1) is 29.7. The Hall–Kier alpha value is -6.21. The second-order valence-electron chi connectivity index (χ2n) is 15.5. The van der Waals surface area contributed by atoms with Crippen LogP contribution < -0.4 is 15.4 Å². The molecule has 0 saturated carbocycles. The van der Waals surface area contributed by atoms with Crippen molar-refractivity contribution in [3.63, 3.8) is 0 Å². The molecule has 22 N–H and O–H groups in total. The van der Waals surface area contributed by atoms with E-state index in [2.05, 4.69) is 15.4 Å². The Labute approximate surface area is 364 Å². The van der Waals surface area contributed by atoms with Crippen molar-refractivity contribution in [1.29, 1.82) is 0 Å². The van der Waals surface area contributed by atoms with E-state index in [1.165, 1.54) is 29.2 Å². The molecule has 3 amide bonds. The van der Waals surface area contributed by atoms with Crippen molar-refractivity contribution >= 4 is 17.7 Å². The van der Waals surface area contributed by atoms with Gasteiger partial charge in [-0.3, -0.25) is 9.59 Å². The number of phenolic OH excluding ortho intramolecular Hbond substituents is 8. The van der Waals surface area contributed by atoms with E-state index in [1.807, 2.05) is 0 Å². The highest BCUT2D eigenvalue weighted by molar-refractivity contribution is 5.88. The number of hydrogen-bond acceptors (Lipinski definition) is 24. The van der Waals surface area contributed by atoms with Crippen molar-refractivity contribution < 1.29 is 121 Å². The number of phenols is 8. The van der Waals surface area contributed by atoms with Gasteiger partial charge in [0, 0.05) is 19.1 Å². The number of amides is 3. The predicted molar refractivity (Wildman–Crippen MR) is 207 cm³/mol. The van der Waals surface area contributed by atoms with Crippen LogP contribution in [0.3, 0.4) is 0 Å². The maximum absolute atomic E-state index is 14.0. The van der Waals surface area contributed by atoms with Crippen molar-refractivity contribution in [3.8, 4) is 51.7 Å². The molecule has 3 aromatic rings. The first-order valence-electron chi connectivity index (χ1n) is 19.0. The van der Waals surface area contributed by atoms with E-state index in [1.54, 1.807) is 19.9 Å². The van der Waals surface area contributed by atoms with Crippen molar-refractivity contribution in [2.45, 2.75) is 87.0 Å². The number of aliphatic hydroxyl groups is 12. The molecular formula is C38H49N3O24. The number of carbonyl (C=O) groups excluding carboxylic acids is 3. The second-order valence-corrected chi connectivity index (χ2v) is 15.5. The lowest BCUT2D eigenvalue weighted by Gasteiger charge is -2.44. The molecule has 1 heterocycles. The highest BCUT2D eigenvalue weighted by atomic mass is 16.8. The van der Waals surface area contributed by atoms with Gasteiger partial charge in [0.1, 0.15) is 22.7 Å². The number of Topliss-reactive ketones (excluding diaryl/α,β-unsaturated/α-hetero) is 1. The Morgan fingerprint density at radius 3 is 1.65 bits per heavy atom. The zero-order chi connectivity index (χ0) is 49.5. The van der Waals surface area contributed by atoms with Gasteiger partial charge in [-0.05, 0) is 30.7 Å². The van der Waals surface area contributed by atoms with Crippen LogP contribution in [0.15, 0.2) is 30.3 Å². The molecule has 1 aliphatic rings. The van der Waals surface area contributed by atoms with Crippen LogP contribution in [0, 0.1) is 5.92 Å². The fraction of sp³-hybridized carbons (Fsp3) is 0.447. The van der Waals surface area contributed by atoms with Crippen LogP contribution in [-0.4, -0.2) is 168 Å². The third kappa shape index (κ3) is 10.0. The average Bonchev–Trinajstić information content (AvgIpc) is 3.18. The second kappa shape index (κ2) is 18.3. The number of nitrogens with zero attached hydrogens (tertiary/aromatic N) is 1. The van der Waals surface area contributed by atoms with E-state index in [-0.39, 0.29) is 13.0 Å². The molecule has 0 aromatic heterocycles. The Balaban J connectivity index is 1.92. The highest BCUT2D eigenvalue weighted by Gasteiger charge is 2.61. The average molecular weight is 932 g/mol. The van der Waals surface area contributed by atoms with Crippen LogP contribution in [0.4, 0.5) is 4.79 Å². The molecule has 1 aliphatic heterocycles. The summed E-state index contributed by atoms with van der Waals surface area (Å²) in [5, 5.41) is 216. The Bertz CT molecular complexity index is 2200. The standard InChI is InChI=1S/C38H49N3O24/c1-14(2)22(41-10-6-9-39-33(41)53)32(52)40-16(11-15-7-4-3-5-8-15)12-17(42)34(54,35(55,56)19-23(44)28(49)30(51)29(50)24(19)45)13-18(43)38(63,64)65-31-20(36(57,58)59)25(46)27(48)26(47)21(31)37(60,61)62/h3-5,7-8,14,16-17,22,42,44-51,54-64H,6,9-13H2,1-2H3,(H,39,53)(H,40,52). The molecule has 4 rings (SSSR count). The SMILES string of the molecule is CC(C)C(C(=O)NC(Cc1ccccc1)CC(O)C(O)(CC(=O)C(O)(O)Oc1c(C(O)(O)O)c(O)c(O)c(O)c1C(O)(O)O)C(O)(O)c1c(O)c(O)c(O)c(O)c1O)N1CCCNC1=O. The number of ketones is 1. The zero-order valence-electron chi connectivity index (χ0n) is 34.0. The number of urea groups is 1. The fourth-order valence-corrected chi connectivity index (χ4v) is 7.24. The molecular weight excluding hydrogens is 882 g/mol. The first kappa shape index (κ1) is 51.4. The van der Waals surface area contributed by atoms with Crippen molar-refractivity contribution in [1.82, 2.24) is 15.5 Å². The molecule has 0 radical (unpaired) electrons. The van der Waals surface area contributed by atoms with Crippen LogP contribution in [0.2, 0.25) is 0 Å². The number of rotatable bonds is 18. The van der Waals surface area contributed by atoms with Gasteiger partial charge in [-0.2, -0.15) is 0 Å². The molecule has 360 valence electrons. The normalized spacial score (nSPS) is 16.4. The maximum Gasteiger partial charge on any atom is 0.386 e. The van der Waals surface area contributed by atoms with Gasteiger partial charge in [0.15, 0.2) is 34.3 Å². The van der Waals surface area contributed by atoms with E-state index >= 15 is 0 Å². The molecule has 27 heteroatoms. The smallest absolute Gasteiger partial charge is 0.386 e. The van der Waals surface area contributed by atoms with Gasteiger partial charge >= 0.3 is 24.0 Å². The van der Waals surface area contributed by atoms with E-state index in [9.17, 15) is 117 Å². The Morgan fingerprint density at radius 2 is 1.18 bits per heavy atom. The molecule has 65 heavy (non-hydrogen) atoms. The Kier molecular flexibility index (Phi) is 14.5. The number of benzene rings is 3. The van der Waals surface area contributed by atoms with Gasteiger partial charge in [-0.1, -0.05) is 44.2 Å². The summed E-state index contributed by atoms with van der Waals surface area (Å²) in [7, 11) is 0. The number of carbonyl (C=O) groups is 3. The van der Waals surface area contributed by atoms with Crippen LogP contribution in [-0.2, 0) is 33.7 Å². The van der Waals surface area contributed by atoms with Gasteiger partial charge in [0.2, 0.25) is 40.5 Å². The van der Waals surface area contributed by atoms with Gasteiger partial charge in [0.05, 0.1) is 12.5 Å². The van der Waals surface area contributed by atoms with Crippen molar-refractivity contribution in [2.24, 2.45) is 5.92 Å². The summed E-state index contributed by atoms with van der Waals surface area (Å²) in [6, 6.07) is 4.28. The van der Waals surface area contributed by atoms with Gasteiger partial charge in [-0.25, -0.2) is 4.79 Å². The number of aliphatic hydroxyl groups excluding tert-OH is 1. The summed E-state index contributed by atoms with van der Waals surface area (Å²) in [6.07, 6.45) is -6.57. The lowest BCUT2D eigenvalue weighted by atomic mass is 9.75. The monoisotopic (exact) mass is 931 g/mol. The van der Waals surface area contributed by atoms with E-state index in [0.29, 0.717) is 18.5 Å². The predicted octanol–water partition coefficient (Wildman–Crippen LogP) is -5.03. The molecule has 1 saturated heterocycles. The molecule has 3 aromatic carbocycles. The van der Waals surface area contributed by atoms with E-state index < -0.39 is 152 Å². The summed E-state index contributed by atoms with van der Waals surface area (Å²) < 4.78 is 4.48. The molecule has 4 unspecified atom stereocenters. The third-order valence-electron chi connectivity index (χ3n) is 10.5. The molecule has 0 spiro atoms. The number of nitrogens with one attached hydrogen (secondary N) is 2. The molecule has 0 bridgehead atoms. The third-order valence-corrected chi connectivity index (χ3v) is 10.5. The minimum Gasteiger partial charge on any atom is -0.504 e. The van der Waals surface area contributed by atoms with Crippen LogP contribution >= 0.6 is 0 Å². The van der Waals surface area contributed by atoms with Crippen molar-refractivity contribution in [2.75, 3.05) is 13.1 Å².